The molecule has 3 heteroatoms. The van der Waals surface area contributed by atoms with Gasteiger partial charge in [0.05, 0.1) is 6.61 Å². The Morgan fingerprint density at radius 1 is 1.08 bits per heavy atom. The Bertz CT molecular complexity index is 491. The maximum atomic E-state index is 6.11. The van der Waals surface area contributed by atoms with Crippen molar-refractivity contribution in [2.45, 2.75) is 78.2 Å². The van der Waals surface area contributed by atoms with E-state index in [4.69, 9.17) is 9.47 Å². The van der Waals surface area contributed by atoms with Gasteiger partial charge in [-0.25, -0.2) is 0 Å². The van der Waals surface area contributed by atoms with Crippen LogP contribution in [0.15, 0.2) is 24.3 Å². The van der Waals surface area contributed by atoms with Gasteiger partial charge in [-0.3, -0.25) is 0 Å². The predicted octanol–water partition coefficient (Wildman–Crippen LogP) is 7.04. The molecule has 1 aliphatic rings. The minimum Gasteiger partial charge on any atom is -0.465 e. The molecule has 1 fully saturated rings. The Balaban J connectivity index is 1.83. The Morgan fingerprint density at radius 2 is 1.73 bits per heavy atom. The molecule has 0 heterocycles. The van der Waals surface area contributed by atoms with Crippen molar-refractivity contribution in [3.8, 4) is 5.75 Å². The highest BCUT2D eigenvalue weighted by atomic mass is 31.1. The van der Waals surface area contributed by atoms with E-state index in [1.807, 2.05) is 0 Å². The molecule has 1 aliphatic carbocycles. The van der Waals surface area contributed by atoms with Gasteiger partial charge in [-0.1, -0.05) is 52.7 Å². The molecule has 0 N–H and O–H groups in total. The fourth-order valence-corrected chi connectivity index (χ4v) is 5.03. The van der Waals surface area contributed by atoms with Crippen LogP contribution in [0.2, 0.25) is 0 Å². The summed E-state index contributed by atoms with van der Waals surface area (Å²) in [5.74, 6) is 3.28. The Kier molecular flexibility index (Phi) is 9.43. The molecule has 3 atom stereocenters. The summed E-state index contributed by atoms with van der Waals surface area (Å²) in [5, 5.41) is 0. The first-order valence-electron chi connectivity index (χ1n) is 10.6. The van der Waals surface area contributed by atoms with Crippen LogP contribution in [0.4, 0.5) is 0 Å². The molecule has 0 spiro atoms. The molecular formula is C23H39O2P. The molecule has 1 saturated carbocycles. The lowest BCUT2D eigenvalue weighted by molar-refractivity contribution is -0.0966. The molecule has 1 aromatic carbocycles. The van der Waals surface area contributed by atoms with Gasteiger partial charge in [0.25, 0.3) is 0 Å². The minimum atomic E-state index is -0.125. The van der Waals surface area contributed by atoms with E-state index in [0.717, 1.165) is 39.2 Å². The van der Waals surface area contributed by atoms with Gasteiger partial charge in [-0.15, -0.1) is 8.58 Å². The van der Waals surface area contributed by atoms with E-state index in [1.54, 1.807) is 0 Å². The van der Waals surface area contributed by atoms with Crippen LogP contribution in [0.3, 0.4) is 0 Å². The summed E-state index contributed by atoms with van der Waals surface area (Å²) in [6.07, 6.45) is 7.33. The lowest BCUT2D eigenvalue weighted by Crippen LogP contribution is -2.25. The van der Waals surface area contributed by atoms with Gasteiger partial charge in [-0.05, 0) is 61.4 Å². The average molecular weight is 379 g/mol. The molecule has 0 aromatic heterocycles. The van der Waals surface area contributed by atoms with Crippen molar-refractivity contribution in [3.05, 3.63) is 29.8 Å². The van der Waals surface area contributed by atoms with E-state index >= 15 is 0 Å². The predicted molar refractivity (Wildman–Crippen MR) is 115 cm³/mol. The lowest BCUT2D eigenvalue weighted by atomic mass is 9.83. The largest absolute Gasteiger partial charge is 0.465 e. The third kappa shape index (κ3) is 7.20. The van der Waals surface area contributed by atoms with Crippen LogP contribution >= 0.6 is 8.58 Å². The van der Waals surface area contributed by atoms with Crippen LogP contribution in [-0.2, 0) is 4.74 Å². The number of benzene rings is 1. The molecule has 0 amide bonds. The number of rotatable bonds is 10. The van der Waals surface area contributed by atoms with E-state index in [1.165, 1.54) is 37.7 Å². The summed E-state index contributed by atoms with van der Waals surface area (Å²) < 4.78 is 12.2. The molecule has 2 rings (SSSR count). The number of ether oxygens (including phenoxy) is 2. The van der Waals surface area contributed by atoms with Crippen molar-refractivity contribution in [3.63, 3.8) is 0 Å². The summed E-state index contributed by atoms with van der Waals surface area (Å²) in [6, 6.07) is 8.73. The summed E-state index contributed by atoms with van der Waals surface area (Å²) in [4.78, 5) is 0. The van der Waals surface area contributed by atoms with Crippen molar-refractivity contribution in [1.82, 2.24) is 0 Å². The van der Waals surface area contributed by atoms with Crippen molar-refractivity contribution in [1.29, 1.82) is 0 Å². The zero-order chi connectivity index (χ0) is 18.9. The molecule has 0 radical (unpaired) electrons. The normalized spacial score (nSPS) is 23.5. The van der Waals surface area contributed by atoms with Gasteiger partial charge in [0.1, 0.15) is 5.75 Å². The van der Waals surface area contributed by atoms with Gasteiger partial charge in [-0.2, -0.15) is 0 Å². The number of hydrogen-bond donors (Lipinski definition) is 0. The van der Waals surface area contributed by atoms with E-state index < -0.39 is 0 Å². The van der Waals surface area contributed by atoms with Crippen LogP contribution in [0.25, 0.3) is 0 Å². The lowest BCUT2D eigenvalue weighted by Gasteiger charge is -2.27. The fourth-order valence-electron chi connectivity index (χ4n) is 3.80. The molecule has 0 saturated heterocycles. The van der Waals surface area contributed by atoms with Gasteiger partial charge < -0.3 is 9.47 Å². The second-order valence-electron chi connectivity index (χ2n) is 8.45. The van der Waals surface area contributed by atoms with E-state index in [2.05, 4.69) is 58.6 Å². The second-order valence-corrected chi connectivity index (χ2v) is 9.73. The molecule has 0 bridgehead atoms. The highest BCUT2D eigenvalue weighted by Crippen LogP contribution is 2.38. The molecule has 1 aromatic rings. The van der Waals surface area contributed by atoms with Crippen LogP contribution in [-0.4, -0.2) is 19.6 Å². The van der Waals surface area contributed by atoms with E-state index in [-0.39, 0.29) is 6.29 Å². The highest BCUT2D eigenvalue weighted by Gasteiger charge is 2.20. The first-order chi connectivity index (χ1) is 12.5. The van der Waals surface area contributed by atoms with Gasteiger partial charge >= 0.3 is 0 Å². The average Bonchev–Trinajstić information content (AvgIpc) is 2.65. The summed E-state index contributed by atoms with van der Waals surface area (Å²) in [7, 11) is 0.947. The summed E-state index contributed by atoms with van der Waals surface area (Å²) in [6.45, 7) is 12.3. The van der Waals surface area contributed by atoms with Crippen LogP contribution in [0.1, 0.15) is 77.4 Å². The quantitative estimate of drug-likeness (QED) is 0.321. The SMILES string of the molecule is CCC(OCC1CCC(C)CC1)Oc1ccc(C(CC(C)C)PC)cc1. The smallest absolute Gasteiger partial charge is 0.199 e. The van der Waals surface area contributed by atoms with Crippen molar-refractivity contribution in [2.75, 3.05) is 13.3 Å². The minimum absolute atomic E-state index is 0.125. The Labute approximate surface area is 163 Å². The molecule has 0 aliphatic heterocycles. The van der Waals surface area contributed by atoms with Crippen molar-refractivity contribution < 1.29 is 9.47 Å². The maximum absolute atomic E-state index is 6.11. The maximum Gasteiger partial charge on any atom is 0.199 e. The van der Waals surface area contributed by atoms with E-state index in [0.29, 0.717) is 11.6 Å². The Hall–Kier alpha value is -0.590. The third-order valence-corrected chi connectivity index (χ3v) is 6.86. The van der Waals surface area contributed by atoms with E-state index in [9.17, 15) is 0 Å². The molecular weight excluding hydrogens is 339 g/mol. The molecule has 26 heavy (non-hydrogen) atoms. The zero-order valence-corrected chi connectivity index (χ0v) is 18.5. The van der Waals surface area contributed by atoms with Gasteiger partial charge in [0.2, 0.25) is 0 Å². The van der Waals surface area contributed by atoms with Gasteiger partial charge in [0.15, 0.2) is 6.29 Å². The Morgan fingerprint density at radius 3 is 2.27 bits per heavy atom. The first-order valence-corrected chi connectivity index (χ1v) is 12.1. The first kappa shape index (κ1) is 21.7. The molecule has 3 unspecified atom stereocenters. The second kappa shape index (κ2) is 11.3. The van der Waals surface area contributed by atoms with Gasteiger partial charge in [0, 0.05) is 12.1 Å². The molecule has 2 nitrogen and oxygen atoms in total. The summed E-state index contributed by atoms with van der Waals surface area (Å²) in [5.41, 5.74) is 2.12. The third-order valence-electron chi connectivity index (χ3n) is 5.59. The molecule has 148 valence electrons. The van der Waals surface area contributed by atoms with Crippen molar-refractivity contribution in [2.24, 2.45) is 17.8 Å². The topological polar surface area (TPSA) is 18.5 Å². The van der Waals surface area contributed by atoms with Crippen LogP contribution in [0, 0.1) is 17.8 Å². The zero-order valence-electron chi connectivity index (χ0n) is 17.5. The van der Waals surface area contributed by atoms with Crippen LogP contribution in [0.5, 0.6) is 5.75 Å². The number of hydrogen-bond acceptors (Lipinski definition) is 2. The standard InChI is InChI=1S/C23H39O2P/c1-6-23(24-16-19-9-7-18(4)8-10-19)25-21-13-11-20(12-14-21)22(26-5)15-17(2)3/h11-14,17-19,22-23,26H,6-10,15-16H2,1-5H3. The fraction of sp³-hybridized carbons (Fsp3) is 0.739. The monoisotopic (exact) mass is 378 g/mol. The highest BCUT2D eigenvalue weighted by molar-refractivity contribution is 7.37. The van der Waals surface area contributed by atoms with Crippen molar-refractivity contribution >= 4 is 8.58 Å². The van der Waals surface area contributed by atoms with Crippen LogP contribution < -0.4 is 4.74 Å². The summed E-state index contributed by atoms with van der Waals surface area (Å²) >= 11 is 0.